The Bertz CT molecular complexity index is 970. The quantitative estimate of drug-likeness (QED) is 0.251. The van der Waals surface area contributed by atoms with E-state index < -0.39 is 10.9 Å². The number of hydrogen-bond acceptors (Lipinski definition) is 4. The normalized spacial score (nSPS) is 11.6. The van der Waals surface area contributed by atoms with Gasteiger partial charge in [-0.3, -0.25) is 10.1 Å². The number of aromatic carboxylic acids is 1. The Hall–Kier alpha value is -3.67. The van der Waals surface area contributed by atoms with Gasteiger partial charge in [0.25, 0.3) is 5.69 Å². The monoisotopic (exact) mass is 404 g/mol. The molecule has 0 aliphatic heterocycles. The van der Waals surface area contributed by atoms with Gasteiger partial charge in [0.1, 0.15) is 0 Å². The molecule has 6 nitrogen and oxygen atoms in total. The Morgan fingerprint density at radius 3 is 2.20 bits per heavy atom. The molecule has 0 fully saturated rings. The second-order valence-corrected chi connectivity index (χ2v) is 7.16. The van der Waals surface area contributed by atoms with Crippen LogP contribution in [0.1, 0.15) is 46.8 Å². The van der Waals surface area contributed by atoms with E-state index in [4.69, 9.17) is 5.11 Å². The van der Waals surface area contributed by atoms with Crippen molar-refractivity contribution in [3.8, 4) is 0 Å². The zero-order valence-electron chi connectivity index (χ0n) is 16.5. The molecule has 0 spiro atoms. The molecular formula is C24H24N2O4. The number of non-ortho nitro benzene ring substituents is 1. The number of rotatable bonds is 10. The zero-order chi connectivity index (χ0) is 21.3. The fourth-order valence-corrected chi connectivity index (χ4v) is 3.38. The molecule has 3 aromatic rings. The van der Waals surface area contributed by atoms with Crippen LogP contribution in [0.4, 0.5) is 11.4 Å². The van der Waals surface area contributed by atoms with Crippen LogP contribution in [0, 0.1) is 10.1 Å². The Labute approximate surface area is 175 Å². The molecule has 0 heterocycles. The topological polar surface area (TPSA) is 92.5 Å². The van der Waals surface area contributed by atoms with Gasteiger partial charge in [-0.15, -0.1) is 0 Å². The zero-order valence-corrected chi connectivity index (χ0v) is 16.5. The highest BCUT2D eigenvalue weighted by Gasteiger charge is 2.14. The molecular weight excluding hydrogens is 380 g/mol. The van der Waals surface area contributed by atoms with E-state index in [-0.39, 0.29) is 17.3 Å². The van der Waals surface area contributed by atoms with Crippen LogP contribution in [0.25, 0.3) is 0 Å². The van der Waals surface area contributed by atoms with E-state index in [9.17, 15) is 14.9 Å². The molecule has 154 valence electrons. The lowest BCUT2D eigenvalue weighted by Gasteiger charge is -2.21. The summed E-state index contributed by atoms with van der Waals surface area (Å²) in [4.78, 5) is 21.6. The van der Waals surface area contributed by atoms with E-state index in [1.165, 1.54) is 17.7 Å². The van der Waals surface area contributed by atoms with Gasteiger partial charge < -0.3 is 10.4 Å². The van der Waals surface area contributed by atoms with Gasteiger partial charge in [-0.1, -0.05) is 48.9 Å². The minimum Gasteiger partial charge on any atom is -0.478 e. The number of nitro benzene ring substituents is 1. The van der Waals surface area contributed by atoms with Crippen LogP contribution in [-0.4, -0.2) is 16.0 Å². The molecule has 0 amide bonds. The van der Waals surface area contributed by atoms with Crippen LogP contribution in [-0.2, 0) is 6.42 Å². The van der Waals surface area contributed by atoms with Crippen LogP contribution in [0.3, 0.4) is 0 Å². The van der Waals surface area contributed by atoms with E-state index in [1.807, 2.05) is 18.2 Å². The third-order valence-electron chi connectivity index (χ3n) is 5.03. The number of carboxylic acids is 1. The predicted octanol–water partition coefficient (Wildman–Crippen LogP) is 5.86. The number of unbranched alkanes of at least 4 members (excludes halogenated alkanes) is 1. The lowest BCUT2D eigenvalue weighted by molar-refractivity contribution is -0.384. The van der Waals surface area contributed by atoms with Crippen LogP contribution >= 0.6 is 0 Å². The largest absolute Gasteiger partial charge is 0.478 e. The maximum absolute atomic E-state index is 11.1. The average molecular weight is 404 g/mol. The van der Waals surface area contributed by atoms with Gasteiger partial charge in [0.2, 0.25) is 0 Å². The van der Waals surface area contributed by atoms with Crippen molar-refractivity contribution in [1.29, 1.82) is 0 Å². The highest BCUT2D eigenvalue weighted by atomic mass is 16.6. The molecule has 0 saturated carbocycles. The number of nitro groups is 1. The Balaban J connectivity index is 1.68. The Morgan fingerprint density at radius 2 is 1.60 bits per heavy atom. The van der Waals surface area contributed by atoms with Crippen LogP contribution < -0.4 is 5.32 Å². The minimum atomic E-state index is -0.964. The first-order chi connectivity index (χ1) is 14.5. The van der Waals surface area contributed by atoms with Crippen molar-refractivity contribution in [3.63, 3.8) is 0 Å². The van der Waals surface area contributed by atoms with E-state index in [1.54, 1.807) is 36.4 Å². The molecule has 0 aliphatic rings. The van der Waals surface area contributed by atoms with E-state index in [0.29, 0.717) is 0 Å². The number of nitrogens with zero attached hydrogens (tertiary/aromatic N) is 1. The van der Waals surface area contributed by atoms with Crippen LogP contribution in [0.5, 0.6) is 0 Å². The second kappa shape index (κ2) is 10.2. The smallest absolute Gasteiger partial charge is 0.335 e. The van der Waals surface area contributed by atoms with Gasteiger partial charge >= 0.3 is 5.97 Å². The first-order valence-corrected chi connectivity index (χ1v) is 9.91. The third-order valence-corrected chi connectivity index (χ3v) is 5.03. The molecule has 0 aromatic heterocycles. The summed E-state index contributed by atoms with van der Waals surface area (Å²) < 4.78 is 0. The summed E-state index contributed by atoms with van der Waals surface area (Å²) in [6, 6.07) is 23.5. The van der Waals surface area contributed by atoms with Crippen molar-refractivity contribution in [3.05, 3.63) is 106 Å². The van der Waals surface area contributed by atoms with Gasteiger partial charge in [-0.25, -0.2) is 4.79 Å². The van der Waals surface area contributed by atoms with Crippen LogP contribution in [0.2, 0.25) is 0 Å². The Morgan fingerprint density at radius 1 is 0.933 bits per heavy atom. The summed E-state index contributed by atoms with van der Waals surface area (Å²) in [5.74, 6) is -0.964. The van der Waals surface area contributed by atoms with Crippen molar-refractivity contribution in [2.75, 3.05) is 5.32 Å². The van der Waals surface area contributed by atoms with Crippen LogP contribution in [0.15, 0.2) is 78.9 Å². The third kappa shape index (κ3) is 5.91. The number of hydrogen-bond donors (Lipinski definition) is 2. The summed E-state index contributed by atoms with van der Waals surface area (Å²) in [5, 5.41) is 23.5. The van der Waals surface area contributed by atoms with Gasteiger partial charge in [0, 0.05) is 17.8 Å². The minimum absolute atomic E-state index is 0.0303. The van der Waals surface area contributed by atoms with Gasteiger partial charge in [0.05, 0.1) is 16.5 Å². The van der Waals surface area contributed by atoms with E-state index in [0.717, 1.165) is 36.9 Å². The Kier molecular flexibility index (Phi) is 7.16. The average Bonchev–Trinajstić information content (AvgIpc) is 2.77. The number of anilines is 1. The molecule has 0 aliphatic carbocycles. The highest BCUT2D eigenvalue weighted by molar-refractivity contribution is 5.88. The summed E-state index contributed by atoms with van der Waals surface area (Å²) in [7, 11) is 0. The van der Waals surface area contributed by atoms with Crippen molar-refractivity contribution in [2.24, 2.45) is 0 Å². The molecule has 2 N–H and O–H groups in total. The SMILES string of the molecule is O=C(O)c1ccc(NC(CCCCc2ccccc2)c2ccc([N+](=O)[O-])cc2)cc1. The predicted molar refractivity (Wildman–Crippen MR) is 117 cm³/mol. The number of aryl methyl sites for hydroxylation is 1. The molecule has 3 rings (SSSR count). The van der Waals surface area contributed by atoms with E-state index in [2.05, 4.69) is 17.4 Å². The lowest BCUT2D eigenvalue weighted by atomic mass is 9.98. The maximum Gasteiger partial charge on any atom is 0.335 e. The highest BCUT2D eigenvalue weighted by Crippen LogP contribution is 2.27. The fraction of sp³-hybridized carbons (Fsp3) is 0.208. The number of benzene rings is 3. The van der Waals surface area contributed by atoms with Gasteiger partial charge in [-0.2, -0.15) is 0 Å². The molecule has 1 atom stereocenters. The van der Waals surface area contributed by atoms with Crippen molar-refractivity contribution >= 4 is 17.3 Å². The lowest BCUT2D eigenvalue weighted by Crippen LogP contribution is -2.11. The molecule has 1 unspecified atom stereocenters. The number of nitrogens with one attached hydrogen (secondary N) is 1. The molecule has 30 heavy (non-hydrogen) atoms. The summed E-state index contributed by atoms with van der Waals surface area (Å²) >= 11 is 0. The number of carboxylic acid groups (broad SMARTS) is 1. The summed E-state index contributed by atoms with van der Waals surface area (Å²) in [6.07, 6.45) is 3.87. The maximum atomic E-state index is 11.1. The molecule has 0 saturated heterocycles. The molecule has 3 aromatic carbocycles. The second-order valence-electron chi connectivity index (χ2n) is 7.16. The number of carbonyl (C=O) groups is 1. The van der Waals surface area contributed by atoms with Gasteiger partial charge in [-0.05, 0) is 54.7 Å². The standard InChI is InChI=1S/C24H24N2O4/c27-24(28)20-10-14-21(15-11-20)25-23(19-12-16-22(17-13-19)26(29)30)9-5-4-8-18-6-2-1-3-7-18/h1-3,6-7,10-17,23,25H,4-5,8-9H2,(H,27,28). The summed E-state index contributed by atoms with van der Waals surface area (Å²) in [6.45, 7) is 0. The fourth-order valence-electron chi connectivity index (χ4n) is 3.38. The molecule has 0 radical (unpaired) electrons. The molecule has 0 bridgehead atoms. The van der Waals surface area contributed by atoms with E-state index >= 15 is 0 Å². The van der Waals surface area contributed by atoms with Gasteiger partial charge in [0.15, 0.2) is 0 Å². The van der Waals surface area contributed by atoms with Crippen molar-refractivity contribution in [1.82, 2.24) is 0 Å². The van der Waals surface area contributed by atoms with Crippen molar-refractivity contribution in [2.45, 2.75) is 31.7 Å². The first kappa shape index (κ1) is 21.0. The first-order valence-electron chi connectivity index (χ1n) is 9.91. The molecule has 6 heteroatoms. The summed E-state index contributed by atoms with van der Waals surface area (Å²) in [5.41, 5.74) is 3.37. The van der Waals surface area contributed by atoms with Crippen molar-refractivity contribution < 1.29 is 14.8 Å².